The third-order valence-electron chi connectivity index (χ3n) is 3.99. The van der Waals surface area contributed by atoms with E-state index < -0.39 is 5.97 Å². The summed E-state index contributed by atoms with van der Waals surface area (Å²) in [4.78, 5) is 16.4. The number of carboxylic acids is 1. The van der Waals surface area contributed by atoms with Crippen LogP contribution in [0.25, 0.3) is 32.9 Å². The van der Waals surface area contributed by atoms with Gasteiger partial charge in [0.1, 0.15) is 0 Å². The quantitative estimate of drug-likeness (QED) is 0.533. The molecule has 4 rings (SSSR count). The second-order valence-electron chi connectivity index (χ2n) is 5.39. The smallest absolute Gasteiger partial charge is 0.0723 e. The average molecular weight is 298 g/mol. The maximum Gasteiger partial charge on any atom is 0.0723 e. The molecule has 0 amide bonds. The number of hydrogen-bond donors (Lipinski definition) is 0. The number of nitrogens with zero attached hydrogens (tertiary/aromatic N) is 1. The molecule has 0 aliphatic heterocycles. The monoisotopic (exact) mass is 298 g/mol. The summed E-state index contributed by atoms with van der Waals surface area (Å²) in [5.74, 6) is -1.19. The van der Waals surface area contributed by atoms with Gasteiger partial charge in [0.25, 0.3) is 0 Å². The van der Waals surface area contributed by atoms with Crippen molar-refractivity contribution >= 4 is 27.6 Å². The Kier molecular flexibility index (Phi) is 3.05. The van der Waals surface area contributed by atoms with Gasteiger partial charge < -0.3 is 9.90 Å². The molecule has 0 atom stereocenters. The van der Waals surface area contributed by atoms with Crippen molar-refractivity contribution in [1.29, 1.82) is 0 Å². The molecule has 0 unspecified atom stereocenters. The fourth-order valence-electron chi connectivity index (χ4n) is 2.92. The van der Waals surface area contributed by atoms with E-state index in [1.54, 1.807) is 6.07 Å². The van der Waals surface area contributed by atoms with Crippen LogP contribution in [-0.2, 0) is 0 Å². The third-order valence-corrected chi connectivity index (χ3v) is 3.99. The summed E-state index contributed by atoms with van der Waals surface area (Å²) in [5, 5.41) is 14.2. The van der Waals surface area contributed by atoms with Gasteiger partial charge in [-0.25, -0.2) is 4.98 Å². The Morgan fingerprint density at radius 3 is 2.39 bits per heavy atom. The average Bonchev–Trinajstić information content (AvgIpc) is 2.61. The van der Waals surface area contributed by atoms with Crippen molar-refractivity contribution in [1.82, 2.24) is 4.98 Å². The number of carbonyl (C=O) groups is 1. The predicted octanol–water partition coefficient (Wildman–Crippen LogP) is 3.42. The van der Waals surface area contributed by atoms with Gasteiger partial charge in [0, 0.05) is 16.5 Å². The van der Waals surface area contributed by atoms with Crippen LogP contribution in [0.3, 0.4) is 0 Å². The summed E-state index contributed by atoms with van der Waals surface area (Å²) in [6, 6.07) is 22.6. The second-order valence-corrected chi connectivity index (χ2v) is 5.39. The molecule has 0 saturated heterocycles. The molecule has 23 heavy (non-hydrogen) atoms. The highest BCUT2D eigenvalue weighted by Gasteiger charge is 2.11. The van der Waals surface area contributed by atoms with E-state index in [-0.39, 0.29) is 5.56 Å². The first-order valence-electron chi connectivity index (χ1n) is 7.33. The highest BCUT2D eigenvalue weighted by atomic mass is 16.4. The van der Waals surface area contributed by atoms with Crippen LogP contribution < -0.4 is 5.11 Å². The first-order chi connectivity index (χ1) is 11.2. The van der Waals surface area contributed by atoms with Crippen molar-refractivity contribution in [3.05, 3.63) is 78.4 Å². The molecule has 4 aromatic rings. The molecule has 3 heteroatoms. The fraction of sp³-hybridized carbons (Fsp3) is 0. The summed E-state index contributed by atoms with van der Waals surface area (Å²) in [5.41, 5.74) is 2.34. The van der Waals surface area contributed by atoms with Gasteiger partial charge in [0.15, 0.2) is 0 Å². The summed E-state index contributed by atoms with van der Waals surface area (Å²) >= 11 is 0. The minimum atomic E-state index is -1.19. The van der Waals surface area contributed by atoms with Crippen molar-refractivity contribution in [2.24, 2.45) is 0 Å². The molecule has 0 spiro atoms. The normalized spacial score (nSPS) is 11.0. The van der Waals surface area contributed by atoms with Gasteiger partial charge in [-0.3, -0.25) is 0 Å². The molecular formula is C20H12NO2-. The summed E-state index contributed by atoms with van der Waals surface area (Å²) in [7, 11) is 0. The Bertz CT molecular complexity index is 1040. The van der Waals surface area contributed by atoms with Gasteiger partial charge >= 0.3 is 0 Å². The highest BCUT2D eigenvalue weighted by molar-refractivity contribution is 6.15. The predicted molar refractivity (Wildman–Crippen MR) is 89.0 cm³/mol. The number of rotatable bonds is 2. The number of aromatic carboxylic acids is 1. The second kappa shape index (κ2) is 5.21. The van der Waals surface area contributed by atoms with E-state index in [0.717, 1.165) is 16.3 Å². The Hall–Kier alpha value is -3.20. The first-order valence-corrected chi connectivity index (χ1v) is 7.33. The minimum Gasteiger partial charge on any atom is -0.545 e. The molecule has 110 valence electrons. The molecule has 0 bridgehead atoms. The number of fused-ring (bicyclic) bond motifs is 3. The SMILES string of the molecule is O=C([O-])c1cc(-c2ccccc2)nc2ccc3ccccc3c12. The zero-order valence-electron chi connectivity index (χ0n) is 12.2. The van der Waals surface area contributed by atoms with Crippen molar-refractivity contribution in [2.45, 2.75) is 0 Å². The molecule has 0 fully saturated rings. The lowest BCUT2D eigenvalue weighted by atomic mass is 9.99. The zero-order chi connectivity index (χ0) is 15.8. The lowest BCUT2D eigenvalue weighted by Crippen LogP contribution is -2.22. The maximum atomic E-state index is 11.7. The van der Waals surface area contributed by atoms with Crippen LogP contribution in [0.4, 0.5) is 0 Å². The molecule has 0 radical (unpaired) electrons. The van der Waals surface area contributed by atoms with Crippen molar-refractivity contribution < 1.29 is 9.90 Å². The van der Waals surface area contributed by atoms with Crippen LogP contribution in [0, 0.1) is 0 Å². The van der Waals surface area contributed by atoms with Crippen LogP contribution >= 0.6 is 0 Å². The molecule has 0 saturated carbocycles. The van der Waals surface area contributed by atoms with E-state index >= 15 is 0 Å². The van der Waals surface area contributed by atoms with Crippen LogP contribution in [0.2, 0.25) is 0 Å². The summed E-state index contributed by atoms with van der Waals surface area (Å²) in [6.07, 6.45) is 0. The van der Waals surface area contributed by atoms with Crippen LogP contribution in [0.15, 0.2) is 72.8 Å². The standard InChI is InChI=1S/C20H13NO2/c22-20(23)16-12-18(14-7-2-1-3-8-14)21-17-11-10-13-6-4-5-9-15(13)19(16)17/h1-12H,(H,22,23)/p-1. The number of hydrogen-bond acceptors (Lipinski definition) is 3. The number of benzene rings is 3. The summed E-state index contributed by atoms with van der Waals surface area (Å²) < 4.78 is 0. The molecule has 1 aromatic heterocycles. The largest absolute Gasteiger partial charge is 0.545 e. The van der Waals surface area contributed by atoms with Crippen molar-refractivity contribution in [3.63, 3.8) is 0 Å². The fourth-order valence-corrected chi connectivity index (χ4v) is 2.92. The van der Waals surface area contributed by atoms with Crippen molar-refractivity contribution in [3.8, 4) is 11.3 Å². The van der Waals surface area contributed by atoms with Gasteiger partial charge in [-0.05, 0) is 22.9 Å². The topological polar surface area (TPSA) is 53.0 Å². The Morgan fingerprint density at radius 1 is 0.870 bits per heavy atom. The molecule has 0 aliphatic rings. The van der Waals surface area contributed by atoms with Gasteiger partial charge in [-0.1, -0.05) is 60.7 Å². The Labute approximate surface area is 132 Å². The number of carbonyl (C=O) groups excluding carboxylic acids is 1. The molecule has 3 aromatic carbocycles. The molecular weight excluding hydrogens is 286 g/mol. The molecule has 0 aliphatic carbocycles. The van der Waals surface area contributed by atoms with E-state index in [4.69, 9.17) is 0 Å². The van der Waals surface area contributed by atoms with E-state index in [1.165, 1.54) is 0 Å². The number of pyridine rings is 1. The van der Waals surface area contributed by atoms with E-state index in [0.29, 0.717) is 16.6 Å². The zero-order valence-corrected chi connectivity index (χ0v) is 12.2. The lowest BCUT2D eigenvalue weighted by Gasteiger charge is -2.13. The van der Waals surface area contributed by atoms with Gasteiger partial charge in [0.2, 0.25) is 0 Å². The lowest BCUT2D eigenvalue weighted by molar-refractivity contribution is -0.254. The summed E-state index contributed by atoms with van der Waals surface area (Å²) in [6.45, 7) is 0. The van der Waals surface area contributed by atoms with Crippen LogP contribution in [-0.4, -0.2) is 11.0 Å². The van der Waals surface area contributed by atoms with Gasteiger partial charge in [0.05, 0.1) is 17.2 Å². The van der Waals surface area contributed by atoms with E-state index in [2.05, 4.69) is 4.98 Å². The van der Waals surface area contributed by atoms with Crippen LogP contribution in [0.5, 0.6) is 0 Å². The Morgan fingerprint density at radius 2 is 1.61 bits per heavy atom. The highest BCUT2D eigenvalue weighted by Crippen LogP contribution is 2.30. The first kappa shape index (κ1) is 13.5. The van der Waals surface area contributed by atoms with Gasteiger partial charge in [-0.15, -0.1) is 0 Å². The van der Waals surface area contributed by atoms with E-state index in [9.17, 15) is 9.90 Å². The number of carboxylic acid groups (broad SMARTS) is 1. The van der Waals surface area contributed by atoms with Crippen LogP contribution in [0.1, 0.15) is 10.4 Å². The van der Waals surface area contributed by atoms with Crippen molar-refractivity contribution in [2.75, 3.05) is 0 Å². The molecule has 3 nitrogen and oxygen atoms in total. The maximum absolute atomic E-state index is 11.7. The van der Waals surface area contributed by atoms with Gasteiger partial charge in [-0.2, -0.15) is 0 Å². The molecule has 0 N–H and O–H groups in total. The minimum absolute atomic E-state index is 0.172. The number of aromatic nitrogens is 1. The Balaban J connectivity index is 2.12. The van der Waals surface area contributed by atoms with E-state index in [1.807, 2.05) is 66.7 Å². The molecule has 1 heterocycles. The third kappa shape index (κ3) is 2.23.